The third kappa shape index (κ3) is 2.38. The first kappa shape index (κ1) is 13.4. The number of benzene rings is 1. The Bertz CT molecular complexity index is 434. The Morgan fingerprint density at radius 3 is 2.44 bits per heavy atom. The van der Waals surface area contributed by atoms with Gasteiger partial charge < -0.3 is 15.6 Å². The Balaban J connectivity index is 2.43. The Labute approximate surface area is 109 Å². The van der Waals surface area contributed by atoms with Crippen molar-refractivity contribution in [2.24, 2.45) is 5.73 Å². The first-order valence-electron chi connectivity index (χ1n) is 6.60. The van der Waals surface area contributed by atoms with Crippen LogP contribution in [0, 0.1) is 13.8 Å². The number of rotatable bonds is 2. The van der Waals surface area contributed by atoms with Gasteiger partial charge in [-0.05, 0) is 56.7 Å². The number of nitrogens with two attached hydrogens (primary N) is 1. The quantitative estimate of drug-likeness (QED) is 0.846. The van der Waals surface area contributed by atoms with Gasteiger partial charge in [0, 0.05) is 11.6 Å². The maximum atomic E-state index is 10.9. The van der Waals surface area contributed by atoms with Gasteiger partial charge in [0.05, 0.1) is 12.7 Å². The van der Waals surface area contributed by atoms with E-state index in [0.29, 0.717) is 12.8 Å². The van der Waals surface area contributed by atoms with Crippen LogP contribution >= 0.6 is 0 Å². The van der Waals surface area contributed by atoms with E-state index in [1.54, 1.807) is 7.11 Å². The second kappa shape index (κ2) is 4.90. The molecular formula is C15H23NO2. The fourth-order valence-corrected chi connectivity index (χ4v) is 3.05. The van der Waals surface area contributed by atoms with Crippen LogP contribution in [-0.4, -0.2) is 18.3 Å². The Morgan fingerprint density at radius 2 is 1.89 bits per heavy atom. The number of aliphatic hydroxyl groups is 1. The lowest BCUT2D eigenvalue weighted by molar-refractivity contribution is -0.00740. The lowest BCUT2D eigenvalue weighted by Crippen LogP contribution is -2.37. The predicted octanol–water partition coefficient (Wildman–Crippen LogP) is 2.40. The number of aryl methyl sites for hydroxylation is 2. The summed E-state index contributed by atoms with van der Waals surface area (Å²) < 4.78 is 5.46. The molecule has 0 amide bonds. The molecule has 3 N–H and O–H groups in total. The van der Waals surface area contributed by atoms with Gasteiger partial charge in [0.2, 0.25) is 0 Å². The Morgan fingerprint density at radius 1 is 1.28 bits per heavy atom. The molecular weight excluding hydrogens is 226 g/mol. The highest BCUT2D eigenvalue weighted by Gasteiger charge is 2.37. The maximum Gasteiger partial charge on any atom is 0.125 e. The zero-order valence-electron chi connectivity index (χ0n) is 11.5. The van der Waals surface area contributed by atoms with Crippen LogP contribution in [-0.2, 0) is 5.60 Å². The molecule has 3 nitrogen and oxygen atoms in total. The van der Waals surface area contributed by atoms with E-state index in [4.69, 9.17) is 10.5 Å². The van der Waals surface area contributed by atoms with Crippen molar-refractivity contribution >= 4 is 0 Å². The minimum Gasteiger partial charge on any atom is -0.496 e. The molecule has 1 aliphatic carbocycles. The van der Waals surface area contributed by atoms with E-state index in [1.165, 1.54) is 0 Å². The van der Waals surface area contributed by atoms with E-state index in [9.17, 15) is 5.11 Å². The van der Waals surface area contributed by atoms with Crippen molar-refractivity contribution in [3.8, 4) is 5.75 Å². The summed E-state index contributed by atoms with van der Waals surface area (Å²) in [6.07, 6.45) is 3.17. The smallest absolute Gasteiger partial charge is 0.125 e. The zero-order valence-corrected chi connectivity index (χ0v) is 11.5. The van der Waals surface area contributed by atoms with Crippen LogP contribution in [0.15, 0.2) is 12.1 Å². The van der Waals surface area contributed by atoms with Gasteiger partial charge in [-0.2, -0.15) is 0 Å². The molecule has 0 radical (unpaired) electrons. The first-order chi connectivity index (χ1) is 8.46. The normalized spacial score (nSPS) is 28.2. The standard InChI is InChI=1S/C15H23NO2/c1-10-8-11(2)14(13(9-10)18-3)15(17)6-4-12(16)5-7-15/h8-9,12,17H,4-7,16H2,1-3H3. The van der Waals surface area contributed by atoms with Crippen molar-refractivity contribution < 1.29 is 9.84 Å². The van der Waals surface area contributed by atoms with Gasteiger partial charge in [0.15, 0.2) is 0 Å². The molecule has 0 atom stereocenters. The summed E-state index contributed by atoms with van der Waals surface area (Å²) in [7, 11) is 1.66. The summed E-state index contributed by atoms with van der Waals surface area (Å²) in [6.45, 7) is 4.08. The fourth-order valence-electron chi connectivity index (χ4n) is 3.05. The molecule has 1 saturated carbocycles. The minimum atomic E-state index is -0.779. The third-order valence-electron chi connectivity index (χ3n) is 3.99. The number of hydrogen-bond acceptors (Lipinski definition) is 3. The van der Waals surface area contributed by atoms with Gasteiger partial charge in [-0.1, -0.05) is 6.07 Å². The van der Waals surface area contributed by atoms with Gasteiger partial charge in [0.1, 0.15) is 5.75 Å². The largest absolute Gasteiger partial charge is 0.496 e. The predicted molar refractivity (Wildman–Crippen MR) is 72.8 cm³/mol. The summed E-state index contributed by atoms with van der Waals surface area (Å²) in [5.41, 5.74) is 8.35. The molecule has 1 aromatic rings. The van der Waals surface area contributed by atoms with Crippen LogP contribution in [0.25, 0.3) is 0 Å². The molecule has 2 rings (SSSR count). The highest BCUT2D eigenvalue weighted by Crippen LogP contribution is 2.42. The molecule has 0 aromatic heterocycles. The Kier molecular flexibility index (Phi) is 3.64. The topological polar surface area (TPSA) is 55.5 Å². The van der Waals surface area contributed by atoms with Crippen molar-refractivity contribution in [1.82, 2.24) is 0 Å². The average Bonchev–Trinajstić information content (AvgIpc) is 2.32. The number of hydrogen-bond donors (Lipinski definition) is 2. The van der Waals surface area contributed by atoms with Crippen molar-refractivity contribution in [3.05, 3.63) is 28.8 Å². The van der Waals surface area contributed by atoms with Crippen LogP contribution in [0.3, 0.4) is 0 Å². The SMILES string of the molecule is COc1cc(C)cc(C)c1C1(O)CCC(N)CC1. The summed E-state index contributed by atoms with van der Waals surface area (Å²) in [5, 5.41) is 10.9. The van der Waals surface area contributed by atoms with Crippen molar-refractivity contribution in [1.29, 1.82) is 0 Å². The molecule has 0 heterocycles. The maximum absolute atomic E-state index is 10.9. The third-order valence-corrected chi connectivity index (χ3v) is 3.99. The molecule has 0 bridgehead atoms. The monoisotopic (exact) mass is 249 g/mol. The fraction of sp³-hybridized carbons (Fsp3) is 0.600. The van der Waals surface area contributed by atoms with Crippen LogP contribution in [0.4, 0.5) is 0 Å². The van der Waals surface area contributed by atoms with Gasteiger partial charge in [-0.3, -0.25) is 0 Å². The van der Waals surface area contributed by atoms with Gasteiger partial charge in [0.25, 0.3) is 0 Å². The highest BCUT2D eigenvalue weighted by atomic mass is 16.5. The molecule has 0 spiro atoms. The lowest BCUT2D eigenvalue weighted by Gasteiger charge is -2.37. The second-order valence-corrected chi connectivity index (χ2v) is 5.53. The van der Waals surface area contributed by atoms with E-state index in [2.05, 4.69) is 6.07 Å². The highest BCUT2D eigenvalue weighted by molar-refractivity contribution is 5.46. The van der Waals surface area contributed by atoms with E-state index in [0.717, 1.165) is 35.3 Å². The van der Waals surface area contributed by atoms with E-state index in [-0.39, 0.29) is 6.04 Å². The molecule has 1 aromatic carbocycles. The molecule has 1 aliphatic rings. The van der Waals surface area contributed by atoms with Crippen molar-refractivity contribution in [2.45, 2.75) is 51.2 Å². The van der Waals surface area contributed by atoms with Gasteiger partial charge in [-0.25, -0.2) is 0 Å². The summed E-state index contributed by atoms with van der Waals surface area (Å²) >= 11 is 0. The summed E-state index contributed by atoms with van der Waals surface area (Å²) in [5.74, 6) is 0.797. The second-order valence-electron chi connectivity index (χ2n) is 5.53. The molecule has 0 unspecified atom stereocenters. The molecule has 3 heteroatoms. The van der Waals surface area contributed by atoms with E-state index >= 15 is 0 Å². The zero-order chi connectivity index (χ0) is 13.3. The number of methoxy groups -OCH3 is 1. The van der Waals surface area contributed by atoms with Gasteiger partial charge >= 0.3 is 0 Å². The molecule has 18 heavy (non-hydrogen) atoms. The molecule has 100 valence electrons. The van der Waals surface area contributed by atoms with Gasteiger partial charge in [-0.15, -0.1) is 0 Å². The van der Waals surface area contributed by atoms with Crippen LogP contribution in [0.1, 0.15) is 42.4 Å². The van der Waals surface area contributed by atoms with E-state index in [1.807, 2.05) is 19.9 Å². The van der Waals surface area contributed by atoms with Crippen molar-refractivity contribution in [3.63, 3.8) is 0 Å². The van der Waals surface area contributed by atoms with Crippen molar-refractivity contribution in [2.75, 3.05) is 7.11 Å². The lowest BCUT2D eigenvalue weighted by atomic mass is 9.76. The minimum absolute atomic E-state index is 0.224. The van der Waals surface area contributed by atoms with Crippen LogP contribution in [0.2, 0.25) is 0 Å². The summed E-state index contributed by atoms with van der Waals surface area (Å²) in [4.78, 5) is 0. The molecule has 0 aliphatic heterocycles. The van der Waals surface area contributed by atoms with Crippen LogP contribution in [0.5, 0.6) is 5.75 Å². The van der Waals surface area contributed by atoms with E-state index < -0.39 is 5.60 Å². The Hall–Kier alpha value is -1.06. The average molecular weight is 249 g/mol. The molecule has 0 saturated heterocycles. The first-order valence-corrected chi connectivity index (χ1v) is 6.60. The van der Waals surface area contributed by atoms with Crippen LogP contribution < -0.4 is 10.5 Å². The summed E-state index contributed by atoms with van der Waals surface area (Å²) in [6, 6.07) is 4.32. The number of ether oxygens (including phenoxy) is 1. The molecule has 1 fully saturated rings.